The maximum Gasteiger partial charge on any atom is 0.233 e. The normalized spacial score (nSPS) is 13.1. The van der Waals surface area contributed by atoms with Crippen molar-refractivity contribution in [2.24, 2.45) is 0 Å². The third-order valence-electron chi connectivity index (χ3n) is 3.66. The van der Waals surface area contributed by atoms with Crippen LogP contribution >= 0.6 is 23.4 Å². The number of hydrogen-bond acceptors (Lipinski definition) is 3. The first-order valence-corrected chi connectivity index (χ1v) is 9.65. The molecule has 0 saturated heterocycles. The van der Waals surface area contributed by atoms with Gasteiger partial charge in [0.2, 0.25) is 5.91 Å². The Balaban J connectivity index is 1.83. The van der Waals surface area contributed by atoms with Gasteiger partial charge in [0.1, 0.15) is 12.4 Å². The molecule has 1 amide bonds. The van der Waals surface area contributed by atoms with Crippen LogP contribution in [-0.4, -0.2) is 23.8 Å². The van der Waals surface area contributed by atoms with Gasteiger partial charge >= 0.3 is 0 Å². The summed E-state index contributed by atoms with van der Waals surface area (Å²) in [6.45, 7) is 6.44. The first kappa shape index (κ1) is 19.7. The number of ether oxygens (including phenoxy) is 1. The van der Waals surface area contributed by atoms with Crippen molar-refractivity contribution >= 4 is 29.3 Å². The Labute approximate surface area is 159 Å². The van der Waals surface area contributed by atoms with Gasteiger partial charge in [0.25, 0.3) is 0 Å². The van der Waals surface area contributed by atoms with Crippen LogP contribution in [0.25, 0.3) is 0 Å². The van der Waals surface area contributed by atoms with Gasteiger partial charge in [-0.25, -0.2) is 0 Å². The zero-order valence-electron chi connectivity index (χ0n) is 14.8. The molecule has 0 aromatic heterocycles. The summed E-state index contributed by atoms with van der Waals surface area (Å²) in [6, 6.07) is 15.4. The molecule has 0 fully saturated rings. The molecule has 0 aliphatic carbocycles. The Bertz CT molecular complexity index is 673. The van der Waals surface area contributed by atoms with Crippen LogP contribution in [0, 0.1) is 6.92 Å². The molecule has 2 aromatic carbocycles. The van der Waals surface area contributed by atoms with Gasteiger partial charge in [0, 0.05) is 9.92 Å². The van der Waals surface area contributed by atoms with Crippen LogP contribution in [0.2, 0.25) is 5.02 Å². The molecule has 2 rings (SSSR count). The first-order valence-electron chi connectivity index (χ1n) is 8.40. The molecule has 0 saturated carbocycles. The Kier molecular flexibility index (Phi) is 7.66. The molecule has 0 spiro atoms. The van der Waals surface area contributed by atoms with Gasteiger partial charge in [-0.05, 0) is 56.7 Å². The zero-order chi connectivity index (χ0) is 18.2. The van der Waals surface area contributed by atoms with Crippen molar-refractivity contribution < 1.29 is 9.53 Å². The second kappa shape index (κ2) is 9.73. The molecule has 0 aliphatic rings. The summed E-state index contributed by atoms with van der Waals surface area (Å²) in [4.78, 5) is 13.5. The highest BCUT2D eigenvalue weighted by Gasteiger charge is 2.19. The minimum atomic E-state index is -0.136. The van der Waals surface area contributed by atoms with Crippen molar-refractivity contribution in [3.05, 3.63) is 59.1 Å². The zero-order valence-corrected chi connectivity index (χ0v) is 16.4. The molecule has 5 heteroatoms. The van der Waals surface area contributed by atoms with Crippen LogP contribution in [0.4, 0.5) is 0 Å². The molecule has 0 aliphatic heterocycles. The molecule has 0 bridgehead atoms. The van der Waals surface area contributed by atoms with Crippen LogP contribution in [0.15, 0.2) is 53.4 Å². The number of carbonyl (C=O) groups excluding carboxylic acids is 1. The summed E-state index contributed by atoms with van der Waals surface area (Å²) >= 11 is 7.46. The van der Waals surface area contributed by atoms with Crippen LogP contribution in [0.5, 0.6) is 5.75 Å². The average molecular weight is 378 g/mol. The van der Waals surface area contributed by atoms with Crippen molar-refractivity contribution in [1.82, 2.24) is 5.32 Å². The Hall–Kier alpha value is -1.65. The third-order valence-corrected chi connectivity index (χ3v) is 5.29. The maximum atomic E-state index is 12.5. The van der Waals surface area contributed by atoms with Crippen molar-refractivity contribution in [2.75, 3.05) is 6.61 Å². The molecular formula is C20H24ClNO2S. The molecule has 0 radical (unpaired) electrons. The van der Waals surface area contributed by atoms with Crippen LogP contribution in [-0.2, 0) is 4.79 Å². The lowest BCUT2D eigenvalue weighted by Gasteiger charge is -2.19. The van der Waals surface area contributed by atoms with Crippen molar-refractivity contribution in [3.8, 4) is 5.75 Å². The van der Waals surface area contributed by atoms with Crippen molar-refractivity contribution in [1.29, 1.82) is 0 Å². The number of hydrogen-bond donors (Lipinski definition) is 1. The van der Waals surface area contributed by atoms with E-state index >= 15 is 0 Å². The summed E-state index contributed by atoms with van der Waals surface area (Å²) in [5, 5.41) is 3.60. The summed E-state index contributed by atoms with van der Waals surface area (Å²) in [7, 11) is 0. The smallest absolute Gasteiger partial charge is 0.233 e. The summed E-state index contributed by atoms with van der Waals surface area (Å²) in [5.74, 6) is 0.844. The number of rotatable bonds is 8. The lowest BCUT2D eigenvalue weighted by Crippen LogP contribution is -2.41. The second-order valence-corrected chi connectivity index (χ2v) is 7.71. The van der Waals surface area contributed by atoms with E-state index in [0.717, 1.165) is 17.1 Å². The number of carbonyl (C=O) groups is 1. The molecule has 3 nitrogen and oxygen atoms in total. The van der Waals surface area contributed by atoms with Gasteiger partial charge in [-0.15, -0.1) is 11.8 Å². The van der Waals surface area contributed by atoms with Gasteiger partial charge in [-0.3, -0.25) is 4.79 Å². The largest absolute Gasteiger partial charge is 0.491 e. The van der Waals surface area contributed by atoms with E-state index in [1.807, 2.05) is 69.3 Å². The highest BCUT2D eigenvalue weighted by molar-refractivity contribution is 8.00. The molecule has 0 heterocycles. The van der Waals surface area contributed by atoms with E-state index in [4.69, 9.17) is 16.3 Å². The fourth-order valence-corrected chi connectivity index (χ4v) is 3.32. The van der Waals surface area contributed by atoms with Crippen LogP contribution in [0.1, 0.15) is 25.8 Å². The van der Waals surface area contributed by atoms with E-state index < -0.39 is 0 Å². The predicted octanol–water partition coefficient (Wildman–Crippen LogP) is 5.10. The highest BCUT2D eigenvalue weighted by Crippen LogP contribution is 2.26. The van der Waals surface area contributed by atoms with Gasteiger partial charge < -0.3 is 10.1 Å². The number of aryl methyl sites for hydroxylation is 1. The standard InChI is InChI=1S/C20H24ClNO2S/c1-4-19(25-18-11-7-16(21)8-12-18)20(23)22-15(3)13-24-17-9-5-14(2)6-10-17/h5-12,15,19H,4,13H2,1-3H3,(H,22,23)/t15-,19+/m1/s1. The van der Waals surface area contributed by atoms with Crippen molar-refractivity contribution in [3.63, 3.8) is 0 Å². The van der Waals surface area contributed by atoms with E-state index in [0.29, 0.717) is 11.6 Å². The van der Waals surface area contributed by atoms with E-state index in [2.05, 4.69) is 5.32 Å². The number of nitrogens with one attached hydrogen (secondary N) is 1. The van der Waals surface area contributed by atoms with Gasteiger partial charge in [-0.2, -0.15) is 0 Å². The summed E-state index contributed by atoms with van der Waals surface area (Å²) in [5.41, 5.74) is 1.19. The van der Waals surface area contributed by atoms with E-state index in [9.17, 15) is 4.79 Å². The second-order valence-electron chi connectivity index (χ2n) is 6.00. The van der Waals surface area contributed by atoms with Crippen molar-refractivity contribution in [2.45, 2.75) is 43.4 Å². The quantitative estimate of drug-likeness (QED) is 0.650. The fraction of sp³-hybridized carbons (Fsp3) is 0.350. The van der Waals surface area contributed by atoms with Crippen LogP contribution in [0.3, 0.4) is 0 Å². The molecular weight excluding hydrogens is 354 g/mol. The SMILES string of the molecule is CC[C@H](Sc1ccc(Cl)cc1)C(=O)N[C@H](C)COc1ccc(C)cc1. The summed E-state index contributed by atoms with van der Waals surface area (Å²) in [6.07, 6.45) is 0.755. The van der Waals surface area contributed by atoms with Gasteiger partial charge in [0.15, 0.2) is 0 Å². The lowest BCUT2D eigenvalue weighted by atomic mass is 10.2. The molecule has 2 atom stereocenters. The van der Waals surface area contributed by atoms with E-state index in [-0.39, 0.29) is 17.2 Å². The van der Waals surface area contributed by atoms with Crippen LogP contribution < -0.4 is 10.1 Å². The molecule has 0 unspecified atom stereocenters. The first-order chi connectivity index (χ1) is 12.0. The highest BCUT2D eigenvalue weighted by atomic mass is 35.5. The monoisotopic (exact) mass is 377 g/mol. The Morgan fingerprint density at radius 2 is 1.80 bits per heavy atom. The third kappa shape index (κ3) is 6.63. The Morgan fingerprint density at radius 1 is 1.16 bits per heavy atom. The Morgan fingerprint density at radius 3 is 2.40 bits per heavy atom. The fourth-order valence-electron chi connectivity index (χ4n) is 2.23. The molecule has 134 valence electrons. The van der Waals surface area contributed by atoms with Gasteiger partial charge in [-0.1, -0.05) is 36.2 Å². The molecule has 1 N–H and O–H groups in total. The minimum Gasteiger partial charge on any atom is -0.491 e. The van der Waals surface area contributed by atoms with E-state index in [1.165, 1.54) is 5.56 Å². The average Bonchev–Trinajstić information content (AvgIpc) is 2.60. The number of thioether (sulfide) groups is 1. The topological polar surface area (TPSA) is 38.3 Å². The number of benzene rings is 2. The number of halogens is 1. The lowest BCUT2D eigenvalue weighted by molar-refractivity contribution is -0.121. The maximum absolute atomic E-state index is 12.5. The summed E-state index contributed by atoms with van der Waals surface area (Å²) < 4.78 is 5.73. The number of amides is 1. The predicted molar refractivity (Wildman–Crippen MR) is 106 cm³/mol. The van der Waals surface area contributed by atoms with Gasteiger partial charge in [0.05, 0.1) is 11.3 Å². The van der Waals surface area contributed by atoms with E-state index in [1.54, 1.807) is 11.8 Å². The molecule has 25 heavy (non-hydrogen) atoms. The minimum absolute atomic E-state index is 0.0301. The molecule has 2 aromatic rings.